The van der Waals surface area contributed by atoms with Crippen molar-refractivity contribution in [2.24, 2.45) is 0 Å². The van der Waals surface area contributed by atoms with Gasteiger partial charge >= 0.3 is 0 Å². The van der Waals surface area contributed by atoms with Crippen molar-refractivity contribution in [2.45, 2.75) is 20.4 Å². The molecule has 0 radical (unpaired) electrons. The van der Waals surface area contributed by atoms with Crippen molar-refractivity contribution in [2.75, 3.05) is 33.4 Å². The van der Waals surface area contributed by atoms with Gasteiger partial charge in [-0.05, 0) is 36.6 Å². The number of benzene rings is 1. The molecule has 0 unspecified atom stereocenters. The summed E-state index contributed by atoms with van der Waals surface area (Å²) in [5.74, 6) is 0.994. The molecule has 3 nitrogen and oxygen atoms in total. The first kappa shape index (κ1) is 12.4. The van der Waals surface area contributed by atoms with Gasteiger partial charge < -0.3 is 9.47 Å². The Hall–Kier alpha value is -1.06. The van der Waals surface area contributed by atoms with E-state index in [-0.39, 0.29) is 0 Å². The van der Waals surface area contributed by atoms with Gasteiger partial charge in [0.2, 0.25) is 0 Å². The van der Waals surface area contributed by atoms with E-state index in [9.17, 15) is 0 Å². The highest BCUT2D eigenvalue weighted by Crippen LogP contribution is 2.24. The fourth-order valence-electron chi connectivity index (χ4n) is 2.22. The van der Waals surface area contributed by atoms with Gasteiger partial charge in [-0.15, -0.1) is 0 Å². The molecule has 1 aliphatic rings. The van der Waals surface area contributed by atoms with E-state index in [1.54, 1.807) is 7.11 Å². The topological polar surface area (TPSA) is 21.7 Å². The zero-order valence-electron chi connectivity index (χ0n) is 11.0. The molecule has 0 amide bonds. The van der Waals surface area contributed by atoms with Crippen molar-refractivity contribution in [1.82, 2.24) is 4.90 Å². The molecule has 1 saturated heterocycles. The van der Waals surface area contributed by atoms with Crippen molar-refractivity contribution in [1.29, 1.82) is 0 Å². The molecular weight excluding hydrogens is 214 g/mol. The average Bonchev–Trinajstić information content (AvgIpc) is 2.35. The van der Waals surface area contributed by atoms with Crippen molar-refractivity contribution in [3.05, 3.63) is 28.8 Å². The van der Waals surface area contributed by atoms with E-state index in [0.29, 0.717) is 0 Å². The van der Waals surface area contributed by atoms with E-state index >= 15 is 0 Å². The monoisotopic (exact) mass is 235 g/mol. The lowest BCUT2D eigenvalue weighted by Gasteiger charge is -2.27. The summed E-state index contributed by atoms with van der Waals surface area (Å²) >= 11 is 0. The molecule has 3 heteroatoms. The lowest BCUT2D eigenvalue weighted by Crippen LogP contribution is -2.35. The first-order valence-corrected chi connectivity index (χ1v) is 6.15. The highest BCUT2D eigenvalue weighted by molar-refractivity contribution is 5.42. The minimum Gasteiger partial charge on any atom is -0.496 e. The van der Waals surface area contributed by atoms with Crippen LogP contribution >= 0.6 is 0 Å². The van der Waals surface area contributed by atoms with E-state index in [4.69, 9.17) is 9.47 Å². The average molecular weight is 235 g/mol. The number of hydrogen-bond acceptors (Lipinski definition) is 3. The maximum atomic E-state index is 5.41. The van der Waals surface area contributed by atoms with Gasteiger partial charge in [-0.2, -0.15) is 0 Å². The quantitative estimate of drug-likeness (QED) is 0.801. The number of rotatable bonds is 3. The molecule has 0 spiro atoms. The van der Waals surface area contributed by atoms with Crippen LogP contribution in [0, 0.1) is 13.8 Å². The van der Waals surface area contributed by atoms with Crippen LogP contribution in [-0.4, -0.2) is 38.3 Å². The zero-order valence-corrected chi connectivity index (χ0v) is 11.0. The van der Waals surface area contributed by atoms with Gasteiger partial charge in [-0.3, -0.25) is 4.90 Å². The number of morpholine rings is 1. The van der Waals surface area contributed by atoms with E-state index in [0.717, 1.165) is 38.6 Å². The largest absolute Gasteiger partial charge is 0.496 e. The highest BCUT2D eigenvalue weighted by atomic mass is 16.5. The number of methoxy groups -OCH3 is 1. The van der Waals surface area contributed by atoms with Crippen LogP contribution in [0.25, 0.3) is 0 Å². The van der Waals surface area contributed by atoms with Gasteiger partial charge in [0.25, 0.3) is 0 Å². The lowest BCUT2D eigenvalue weighted by atomic mass is 10.0. The molecule has 17 heavy (non-hydrogen) atoms. The molecule has 2 rings (SSSR count). The molecule has 1 heterocycles. The Morgan fingerprint density at radius 3 is 2.59 bits per heavy atom. The summed E-state index contributed by atoms with van der Waals surface area (Å²) in [7, 11) is 1.74. The van der Waals surface area contributed by atoms with Gasteiger partial charge in [0.1, 0.15) is 5.75 Å². The molecule has 0 bridgehead atoms. The summed E-state index contributed by atoms with van der Waals surface area (Å²) in [6.45, 7) is 8.97. The fraction of sp³-hybridized carbons (Fsp3) is 0.571. The molecule has 94 valence electrons. The number of ether oxygens (including phenoxy) is 2. The van der Waals surface area contributed by atoms with E-state index in [1.807, 2.05) is 0 Å². The van der Waals surface area contributed by atoms with E-state index < -0.39 is 0 Å². The van der Waals surface area contributed by atoms with Gasteiger partial charge in [-0.1, -0.05) is 6.07 Å². The predicted molar refractivity (Wildman–Crippen MR) is 68.6 cm³/mol. The first-order valence-electron chi connectivity index (χ1n) is 6.15. The maximum absolute atomic E-state index is 5.41. The third-order valence-corrected chi connectivity index (χ3v) is 3.41. The fourth-order valence-corrected chi connectivity index (χ4v) is 2.22. The van der Waals surface area contributed by atoms with Gasteiger partial charge in [0.05, 0.1) is 20.3 Å². The van der Waals surface area contributed by atoms with E-state index in [1.165, 1.54) is 16.7 Å². The van der Waals surface area contributed by atoms with Crippen LogP contribution < -0.4 is 4.74 Å². The molecule has 1 fully saturated rings. The summed E-state index contributed by atoms with van der Waals surface area (Å²) in [5.41, 5.74) is 3.86. The van der Waals surface area contributed by atoms with Crippen LogP contribution in [0.15, 0.2) is 12.1 Å². The maximum Gasteiger partial charge on any atom is 0.122 e. The normalized spacial score (nSPS) is 17.1. The Morgan fingerprint density at radius 2 is 1.94 bits per heavy atom. The molecule has 1 aliphatic heterocycles. The van der Waals surface area contributed by atoms with E-state index in [2.05, 4.69) is 30.9 Å². The molecule has 1 aromatic carbocycles. The summed E-state index contributed by atoms with van der Waals surface area (Å²) in [4.78, 5) is 2.42. The van der Waals surface area contributed by atoms with Crippen LogP contribution in [0.3, 0.4) is 0 Å². The summed E-state index contributed by atoms with van der Waals surface area (Å²) < 4.78 is 10.8. The summed E-state index contributed by atoms with van der Waals surface area (Å²) in [6.07, 6.45) is 0. The third kappa shape index (κ3) is 2.99. The van der Waals surface area contributed by atoms with Crippen molar-refractivity contribution >= 4 is 0 Å². The lowest BCUT2D eigenvalue weighted by molar-refractivity contribution is 0.0341. The zero-order chi connectivity index (χ0) is 12.3. The summed E-state index contributed by atoms with van der Waals surface area (Å²) in [5, 5.41) is 0. The highest BCUT2D eigenvalue weighted by Gasteiger charge is 2.12. The molecule has 0 atom stereocenters. The first-order chi connectivity index (χ1) is 8.20. The molecule has 1 aromatic rings. The molecule has 0 N–H and O–H groups in total. The van der Waals surface area contributed by atoms with Crippen molar-refractivity contribution in [3.63, 3.8) is 0 Å². The Labute approximate surface area is 103 Å². The number of hydrogen-bond donors (Lipinski definition) is 0. The standard InChI is InChI=1S/C14H21NO2/c1-11-8-13(9-14(16-3)12(11)2)10-15-4-6-17-7-5-15/h8-9H,4-7,10H2,1-3H3. The van der Waals surface area contributed by atoms with Crippen LogP contribution in [0.4, 0.5) is 0 Å². The molecular formula is C14H21NO2. The smallest absolute Gasteiger partial charge is 0.122 e. The second-order valence-electron chi connectivity index (χ2n) is 4.63. The Morgan fingerprint density at radius 1 is 1.24 bits per heavy atom. The Bertz CT molecular complexity index is 384. The van der Waals surface area contributed by atoms with Crippen LogP contribution in [0.5, 0.6) is 5.75 Å². The molecule has 0 saturated carbocycles. The number of aryl methyl sites for hydroxylation is 1. The minimum atomic E-state index is 0.849. The van der Waals surface area contributed by atoms with Crippen LogP contribution in [0.2, 0.25) is 0 Å². The predicted octanol–water partition coefficient (Wildman–Crippen LogP) is 2.14. The van der Waals surface area contributed by atoms with Gasteiger partial charge in [-0.25, -0.2) is 0 Å². The second-order valence-corrected chi connectivity index (χ2v) is 4.63. The Balaban J connectivity index is 2.12. The summed E-state index contributed by atoms with van der Waals surface area (Å²) in [6, 6.07) is 4.41. The Kier molecular flexibility index (Phi) is 4.02. The van der Waals surface area contributed by atoms with Gasteiger partial charge in [0, 0.05) is 19.6 Å². The SMILES string of the molecule is COc1cc(CN2CCOCC2)cc(C)c1C. The molecule has 0 aromatic heterocycles. The third-order valence-electron chi connectivity index (χ3n) is 3.41. The van der Waals surface area contributed by atoms with Gasteiger partial charge in [0.15, 0.2) is 0 Å². The molecule has 0 aliphatic carbocycles. The minimum absolute atomic E-state index is 0.849. The van der Waals surface area contributed by atoms with Crippen LogP contribution in [0.1, 0.15) is 16.7 Å². The van der Waals surface area contributed by atoms with Crippen molar-refractivity contribution in [3.8, 4) is 5.75 Å². The number of nitrogens with zero attached hydrogens (tertiary/aromatic N) is 1. The van der Waals surface area contributed by atoms with Crippen LogP contribution in [-0.2, 0) is 11.3 Å². The van der Waals surface area contributed by atoms with Crippen molar-refractivity contribution < 1.29 is 9.47 Å². The second kappa shape index (κ2) is 5.52.